The Morgan fingerprint density at radius 3 is 1.69 bits per heavy atom. The molecule has 0 aliphatic heterocycles. The van der Waals surface area contributed by atoms with E-state index in [1.165, 1.54) is 0 Å². The van der Waals surface area contributed by atoms with Crippen LogP contribution < -0.4 is 20.1 Å². The molecule has 166 valence electrons. The Bertz CT molecular complexity index is 1230. The van der Waals surface area contributed by atoms with Gasteiger partial charge in [-0.2, -0.15) is 0 Å². The quantitative estimate of drug-likeness (QED) is 0.392. The number of anilines is 2. The number of hydrogen-bond acceptors (Lipinski definition) is 3. The Hall–Kier alpha value is -2.98. The lowest BCUT2D eigenvalue weighted by molar-refractivity contribution is -0.399. The normalized spacial score (nSPS) is 11.2. The van der Waals surface area contributed by atoms with Crippen LogP contribution in [-0.4, -0.2) is 26.2 Å². The molecule has 0 aliphatic carbocycles. The van der Waals surface area contributed by atoms with Gasteiger partial charge in [0.05, 0.1) is 10.8 Å². The number of halogens is 1. The summed E-state index contributed by atoms with van der Waals surface area (Å²) in [6, 6.07) is 20.7. The van der Waals surface area contributed by atoms with Crippen molar-refractivity contribution in [2.75, 3.05) is 36.0 Å². The largest absolute Gasteiger partial charge is 0.455 e. The van der Waals surface area contributed by atoms with Gasteiger partial charge in [-0.25, -0.2) is 4.99 Å². The van der Waals surface area contributed by atoms with Crippen LogP contribution in [0.15, 0.2) is 65.1 Å². The Balaban J connectivity index is 2.05. The minimum Gasteiger partial charge on any atom is -0.455 e. The molecule has 0 radical (unpaired) electrons. The van der Waals surface area contributed by atoms with Crippen LogP contribution in [0.25, 0.3) is 21.9 Å². The Kier molecular flexibility index (Phi) is 6.71. The summed E-state index contributed by atoms with van der Waals surface area (Å²) in [5.74, 6) is 0. The van der Waals surface area contributed by atoms with E-state index in [4.69, 9.17) is 16.0 Å². The molecule has 5 heteroatoms. The monoisotopic (exact) mass is 448 g/mol. The van der Waals surface area contributed by atoms with Gasteiger partial charge in [0.25, 0.3) is 0 Å². The summed E-state index contributed by atoms with van der Waals surface area (Å²) in [6.07, 6.45) is 0. The van der Waals surface area contributed by atoms with Crippen molar-refractivity contribution in [3.63, 3.8) is 0 Å². The Labute approximate surface area is 194 Å². The standard InChI is InChI=1S/C27H30ClN3O/c1-5-30(6-2)19-13-15-21-25(17-19)32-26-18-20(31(7-3)8-4)14-16-22(26)27(21)29-24-12-10-9-11-23(24)28/h9-18H,5-8H2,1-4H3/p+1. The van der Waals surface area contributed by atoms with Crippen molar-refractivity contribution in [3.05, 3.63) is 71.0 Å². The molecular weight excluding hydrogens is 418 g/mol. The molecule has 0 amide bonds. The van der Waals surface area contributed by atoms with Crippen molar-refractivity contribution in [1.29, 1.82) is 0 Å². The van der Waals surface area contributed by atoms with Gasteiger partial charge in [-0.05, 0) is 58.0 Å². The fourth-order valence-electron chi connectivity index (χ4n) is 4.27. The fraction of sp³-hybridized carbons (Fsp3) is 0.296. The van der Waals surface area contributed by atoms with Crippen molar-refractivity contribution >= 4 is 50.6 Å². The zero-order chi connectivity index (χ0) is 22.7. The second-order valence-electron chi connectivity index (χ2n) is 7.79. The van der Waals surface area contributed by atoms with Crippen LogP contribution in [0.5, 0.6) is 0 Å². The molecule has 1 N–H and O–H groups in total. The zero-order valence-corrected chi connectivity index (χ0v) is 20.0. The summed E-state index contributed by atoms with van der Waals surface area (Å²) in [7, 11) is 0. The summed E-state index contributed by atoms with van der Waals surface area (Å²) in [4.78, 5) is 8.24. The Morgan fingerprint density at radius 1 is 0.719 bits per heavy atom. The molecule has 0 unspecified atom stereocenters. The van der Waals surface area contributed by atoms with Crippen molar-refractivity contribution in [2.45, 2.75) is 27.7 Å². The van der Waals surface area contributed by atoms with Crippen LogP contribution in [0.2, 0.25) is 5.02 Å². The zero-order valence-electron chi connectivity index (χ0n) is 19.3. The molecule has 4 rings (SSSR count). The van der Waals surface area contributed by atoms with E-state index < -0.39 is 0 Å². The molecule has 0 saturated carbocycles. The highest BCUT2D eigenvalue weighted by molar-refractivity contribution is 6.32. The van der Waals surface area contributed by atoms with Crippen LogP contribution in [0.3, 0.4) is 0 Å². The number of rotatable bonds is 7. The van der Waals surface area contributed by atoms with Gasteiger partial charge in [0.2, 0.25) is 11.0 Å². The summed E-state index contributed by atoms with van der Waals surface area (Å²) in [5, 5.41) is 3.76. The van der Waals surface area contributed by atoms with Crippen LogP contribution in [0, 0.1) is 0 Å². The number of nitrogens with zero attached hydrogens (tertiary/aromatic N) is 2. The van der Waals surface area contributed by atoms with Gasteiger partial charge in [-0.15, -0.1) is 0 Å². The number of fused-ring (bicyclic) bond motifs is 2. The second kappa shape index (κ2) is 9.66. The highest BCUT2D eigenvalue weighted by atomic mass is 35.5. The average Bonchev–Trinajstić information content (AvgIpc) is 2.81. The molecule has 4 aromatic rings. The molecule has 1 aromatic heterocycles. The highest BCUT2D eigenvalue weighted by Crippen LogP contribution is 2.26. The van der Waals surface area contributed by atoms with Gasteiger partial charge < -0.3 is 14.2 Å². The molecule has 32 heavy (non-hydrogen) atoms. The van der Waals surface area contributed by atoms with Gasteiger partial charge in [0.15, 0.2) is 0 Å². The molecule has 0 atom stereocenters. The summed E-state index contributed by atoms with van der Waals surface area (Å²) in [6.45, 7) is 12.5. The maximum Gasteiger partial charge on any atom is 0.226 e. The molecule has 0 aliphatic rings. The minimum absolute atomic E-state index is 0.689. The lowest BCUT2D eigenvalue weighted by Crippen LogP contribution is -2.70. The molecule has 0 spiro atoms. The number of nitrogens with one attached hydrogen (secondary N) is 1. The van der Waals surface area contributed by atoms with Gasteiger partial charge >= 0.3 is 0 Å². The maximum absolute atomic E-state index is 6.49. The van der Waals surface area contributed by atoms with E-state index >= 15 is 0 Å². The van der Waals surface area contributed by atoms with Crippen molar-refractivity contribution in [2.24, 2.45) is 0 Å². The molecule has 0 fully saturated rings. The number of hydrogen-bond donors (Lipinski definition) is 1. The smallest absolute Gasteiger partial charge is 0.226 e. The topological polar surface area (TPSA) is 33.6 Å². The fourth-order valence-corrected chi connectivity index (χ4v) is 4.45. The molecule has 0 saturated heterocycles. The first-order chi connectivity index (χ1) is 15.6. The first kappa shape index (κ1) is 22.2. The van der Waals surface area contributed by atoms with Crippen LogP contribution in [-0.2, 0) is 0 Å². The van der Waals surface area contributed by atoms with Gasteiger partial charge in [-0.3, -0.25) is 0 Å². The van der Waals surface area contributed by atoms with Crippen LogP contribution in [0.4, 0.5) is 17.1 Å². The Morgan fingerprint density at radius 2 is 1.22 bits per heavy atom. The average molecular weight is 449 g/mol. The molecular formula is C27H31ClN3O+. The van der Waals surface area contributed by atoms with E-state index in [9.17, 15) is 0 Å². The van der Waals surface area contributed by atoms with Crippen LogP contribution in [0.1, 0.15) is 27.7 Å². The summed E-state index contributed by atoms with van der Waals surface area (Å²) >= 11 is 6.49. The van der Waals surface area contributed by atoms with Gasteiger partial charge in [0.1, 0.15) is 16.2 Å². The van der Waals surface area contributed by atoms with E-state index in [1.807, 2.05) is 24.3 Å². The van der Waals surface area contributed by atoms with E-state index in [-0.39, 0.29) is 0 Å². The highest BCUT2D eigenvalue weighted by Gasteiger charge is 2.15. The lowest BCUT2D eigenvalue weighted by atomic mass is 10.1. The minimum atomic E-state index is 0.689. The number of para-hydroxylation sites is 1. The van der Waals surface area contributed by atoms with Gasteiger partial charge in [0, 0.05) is 55.8 Å². The first-order valence-electron chi connectivity index (χ1n) is 11.4. The van der Waals surface area contributed by atoms with Crippen molar-refractivity contribution in [3.8, 4) is 0 Å². The SMILES string of the molecule is CCN(CC)c1ccc2c(=[NH+]c3ccccc3Cl)c3ccc(N(CC)CC)cc3oc2c1. The van der Waals surface area contributed by atoms with E-state index in [2.05, 4.69) is 78.9 Å². The van der Waals surface area contributed by atoms with Crippen molar-refractivity contribution < 1.29 is 9.41 Å². The molecule has 1 heterocycles. The maximum atomic E-state index is 6.49. The summed E-state index contributed by atoms with van der Waals surface area (Å²) < 4.78 is 6.49. The van der Waals surface area contributed by atoms with Crippen LogP contribution >= 0.6 is 11.6 Å². The summed E-state index contributed by atoms with van der Waals surface area (Å²) in [5.41, 5.74) is 4.91. The van der Waals surface area contributed by atoms with E-state index in [1.54, 1.807) is 0 Å². The molecule has 4 nitrogen and oxygen atoms in total. The van der Waals surface area contributed by atoms with E-state index in [0.717, 1.165) is 70.5 Å². The van der Waals surface area contributed by atoms with E-state index in [0.29, 0.717) is 5.02 Å². The molecule has 3 aromatic carbocycles. The van der Waals surface area contributed by atoms with Gasteiger partial charge in [-0.1, -0.05) is 23.7 Å². The third kappa shape index (κ3) is 4.20. The van der Waals surface area contributed by atoms with Crippen molar-refractivity contribution in [1.82, 2.24) is 0 Å². The lowest BCUT2D eigenvalue weighted by Gasteiger charge is -2.21. The molecule has 0 bridgehead atoms. The third-order valence-corrected chi connectivity index (χ3v) is 6.41. The second-order valence-corrected chi connectivity index (χ2v) is 8.19. The predicted octanol–water partition coefficient (Wildman–Crippen LogP) is 5.24. The third-order valence-electron chi connectivity index (χ3n) is 6.08. The first-order valence-corrected chi connectivity index (χ1v) is 11.8. The predicted molar refractivity (Wildman–Crippen MR) is 136 cm³/mol. The number of benzene rings is 3.